The van der Waals surface area contributed by atoms with Gasteiger partial charge in [0.2, 0.25) is 5.91 Å². The average molecular weight is 344 g/mol. The third-order valence-corrected chi connectivity index (χ3v) is 3.77. The number of benzene rings is 1. The van der Waals surface area contributed by atoms with Crippen molar-refractivity contribution >= 4 is 23.3 Å². The van der Waals surface area contributed by atoms with Gasteiger partial charge in [0, 0.05) is 11.6 Å². The molecule has 1 aromatic heterocycles. The topological polar surface area (TPSA) is 96.3 Å². The number of hydrogen-bond donors (Lipinski definition) is 3. The van der Waals surface area contributed by atoms with Crippen molar-refractivity contribution in [3.63, 3.8) is 0 Å². The van der Waals surface area contributed by atoms with Crippen molar-refractivity contribution in [2.45, 2.75) is 46.6 Å². The lowest BCUT2D eigenvalue weighted by Crippen LogP contribution is -2.34. The maximum atomic E-state index is 12.6. The van der Waals surface area contributed by atoms with Gasteiger partial charge in [-0.25, -0.2) is 4.79 Å². The molecule has 0 aliphatic carbocycles. The van der Waals surface area contributed by atoms with Crippen LogP contribution < -0.4 is 16.0 Å². The lowest BCUT2D eigenvalue weighted by molar-refractivity contribution is -0.117. The smallest absolute Gasteiger partial charge is 0.319 e. The predicted molar refractivity (Wildman–Crippen MR) is 96.8 cm³/mol. The van der Waals surface area contributed by atoms with Crippen LogP contribution >= 0.6 is 0 Å². The van der Waals surface area contributed by atoms with Crippen molar-refractivity contribution in [3.8, 4) is 0 Å². The van der Waals surface area contributed by atoms with Crippen LogP contribution in [0, 0.1) is 13.8 Å². The fourth-order valence-electron chi connectivity index (χ4n) is 2.60. The molecule has 1 unspecified atom stereocenters. The number of aryl methyl sites for hydroxylation is 2. The van der Waals surface area contributed by atoms with E-state index in [4.69, 9.17) is 4.52 Å². The highest BCUT2D eigenvalue weighted by molar-refractivity contribution is 6.01. The molecule has 1 aromatic carbocycles. The summed E-state index contributed by atoms with van der Waals surface area (Å²) in [5.41, 5.74) is 2.54. The number of para-hydroxylation sites is 2. The summed E-state index contributed by atoms with van der Waals surface area (Å²) in [4.78, 5) is 24.5. The van der Waals surface area contributed by atoms with Gasteiger partial charge in [0.25, 0.3) is 0 Å². The minimum Gasteiger partial charge on any atom is -0.361 e. The molecular weight excluding hydrogens is 320 g/mol. The Balaban J connectivity index is 2.14. The highest BCUT2D eigenvalue weighted by atomic mass is 16.5. The standard InChI is InChI=1S/C18H24N4O3/c1-10(2)19-18(24)21-15-9-7-6-8-14(15)20-17(23)11(3)16-12(4)22-25-13(16)5/h6-11H,1-5H3,(H,20,23)(H2,19,21,24). The van der Waals surface area contributed by atoms with Crippen LogP contribution in [0.15, 0.2) is 28.8 Å². The predicted octanol–water partition coefficient (Wildman–Crippen LogP) is 3.56. The number of amides is 3. The van der Waals surface area contributed by atoms with Crippen molar-refractivity contribution in [3.05, 3.63) is 41.3 Å². The fraction of sp³-hybridized carbons (Fsp3) is 0.389. The first-order valence-electron chi connectivity index (χ1n) is 8.19. The molecule has 0 saturated heterocycles. The number of rotatable bonds is 5. The maximum absolute atomic E-state index is 12.6. The maximum Gasteiger partial charge on any atom is 0.319 e. The molecule has 2 rings (SSSR count). The second-order valence-corrected chi connectivity index (χ2v) is 6.25. The monoisotopic (exact) mass is 344 g/mol. The van der Waals surface area contributed by atoms with Crippen LogP contribution in [0.3, 0.4) is 0 Å². The van der Waals surface area contributed by atoms with Crippen molar-refractivity contribution < 1.29 is 14.1 Å². The van der Waals surface area contributed by atoms with Gasteiger partial charge >= 0.3 is 6.03 Å². The first-order chi connectivity index (χ1) is 11.8. The molecule has 0 bridgehead atoms. The summed E-state index contributed by atoms with van der Waals surface area (Å²) in [7, 11) is 0. The number of anilines is 2. The van der Waals surface area contributed by atoms with Crippen molar-refractivity contribution in [2.75, 3.05) is 10.6 Å². The number of carbonyl (C=O) groups excluding carboxylic acids is 2. The Morgan fingerprint density at radius 3 is 2.16 bits per heavy atom. The largest absolute Gasteiger partial charge is 0.361 e. The molecule has 7 heteroatoms. The van der Waals surface area contributed by atoms with E-state index in [1.165, 1.54) is 0 Å². The van der Waals surface area contributed by atoms with E-state index in [2.05, 4.69) is 21.1 Å². The third kappa shape index (κ3) is 4.59. The van der Waals surface area contributed by atoms with Gasteiger partial charge in [0.15, 0.2) is 0 Å². The fourth-order valence-corrected chi connectivity index (χ4v) is 2.60. The SMILES string of the molecule is Cc1noc(C)c1C(C)C(=O)Nc1ccccc1NC(=O)NC(C)C. The third-order valence-electron chi connectivity index (χ3n) is 3.77. The van der Waals surface area contributed by atoms with E-state index in [1.807, 2.05) is 13.8 Å². The van der Waals surface area contributed by atoms with Crippen LogP contribution in [0.4, 0.5) is 16.2 Å². The van der Waals surface area contributed by atoms with E-state index in [0.29, 0.717) is 22.8 Å². The van der Waals surface area contributed by atoms with Gasteiger partial charge in [-0.15, -0.1) is 0 Å². The number of nitrogens with one attached hydrogen (secondary N) is 3. The Bertz CT molecular complexity index is 748. The van der Waals surface area contributed by atoms with Crippen LogP contribution in [0.1, 0.15) is 43.7 Å². The molecule has 0 spiro atoms. The molecule has 0 radical (unpaired) electrons. The van der Waals surface area contributed by atoms with E-state index in [0.717, 1.165) is 5.56 Å². The van der Waals surface area contributed by atoms with Gasteiger partial charge in [-0.3, -0.25) is 4.79 Å². The molecule has 0 aliphatic heterocycles. The molecule has 0 aliphatic rings. The van der Waals surface area contributed by atoms with E-state index in [1.54, 1.807) is 45.0 Å². The Labute approximate surface area is 147 Å². The molecule has 3 amide bonds. The first-order valence-corrected chi connectivity index (χ1v) is 8.19. The number of hydrogen-bond acceptors (Lipinski definition) is 4. The summed E-state index contributed by atoms with van der Waals surface area (Å²) >= 11 is 0. The number of carbonyl (C=O) groups is 2. The molecule has 0 fully saturated rings. The van der Waals surface area contributed by atoms with Gasteiger partial charge in [-0.05, 0) is 46.8 Å². The summed E-state index contributed by atoms with van der Waals surface area (Å²) in [6.07, 6.45) is 0. The molecule has 7 nitrogen and oxygen atoms in total. The minimum absolute atomic E-state index is 0.0151. The molecule has 1 heterocycles. The van der Waals surface area contributed by atoms with Crippen LogP contribution in [0.2, 0.25) is 0 Å². The van der Waals surface area contributed by atoms with Gasteiger partial charge in [0.1, 0.15) is 5.76 Å². The van der Waals surface area contributed by atoms with Crippen molar-refractivity contribution in [1.29, 1.82) is 0 Å². The van der Waals surface area contributed by atoms with Crippen LogP contribution in [0.5, 0.6) is 0 Å². The summed E-state index contributed by atoms with van der Waals surface area (Å²) in [5, 5.41) is 12.2. The summed E-state index contributed by atoms with van der Waals surface area (Å²) in [5.74, 6) is -0.000384. The molecule has 2 aromatic rings. The van der Waals surface area contributed by atoms with Gasteiger partial charge in [0.05, 0.1) is 23.0 Å². The Hall–Kier alpha value is -2.83. The van der Waals surface area contributed by atoms with Crippen LogP contribution in [0.25, 0.3) is 0 Å². The highest BCUT2D eigenvalue weighted by Gasteiger charge is 2.23. The van der Waals surface area contributed by atoms with E-state index in [-0.39, 0.29) is 18.0 Å². The quantitative estimate of drug-likeness (QED) is 0.772. The number of urea groups is 1. The molecular formula is C18H24N4O3. The van der Waals surface area contributed by atoms with Gasteiger partial charge in [-0.2, -0.15) is 0 Å². The molecule has 0 saturated carbocycles. The van der Waals surface area contributed by atoms with E-state index >= 15 is 0 Å². The Morgan fingerprint density at radius 2 is 1.64 bits per heavy atom. The summed E-state index contributed by atoms with van der Waals surface area (Å²) in [6.45, 7) is 9.13. The highest BCUT2D eigenvalue weighted by Crippen LogP contribution is 2.27. The summed E-state index contributed by atoms with van der Waals surface area (Å²) in [6, 6.07) is 6.75. The molecule has 3 N–H and O–H groups in total. The molecule has 25 heavy (non-hydrogen) atoms. The Morgan fingerprint density at radius 1 is 1.04 bits per heavy atom. The summed E-state index contributed by atoms with van der Waals surface area (Å²) < 4.78 is 5.13. The zero-order chi connectivity index (χ0) is 18.6. The zero-order valence-corrected chi connectivity index (χ0v) is 15.1. The Kier molecular flexibility index (Phi) is 5.80. The van der Waals surface area contributed by atoms with Gasteiger partial charge in [-0.1, -0.05) is 17.3 Å². The molecule has 1 atom stereocenters. The normalized spacial score (nSPS) is 11.9. The lowest BCUT2D eigenvalue weighted by Gasteiger charge is -2.16. The second-order valence-electron chi connectivity index (χ2n) is 6.25. The lowest BCUT2D eigenvalue weighted by atomic mass is 9.98. The first kappa shape index (κ1) is 18.5. The van der Waals surface area contributed by atoms with Crippen molar-refractivity contribution in [2.24, 2.45) is 0 Å². The van der Waals surface area contributed by atoms with Gasteiger partial charge < -0.3 is 20.5 Å². The second kappa shape index (κ2) is 7.83. The number of aromatic nitrogens is 1. The minimum atomic E-state index is -0.427. The van der Waals surface area contributed by atoms with Crippen LogP contribution in [-0.4, -0.2) is 23.1 Å². The van der Waals surface area contributed by atoms with Crippen LogP contribution in [-0.2, 0) is 4.79 Å². The van der Waals surface area contributed by atoms with E-state index < -0.39 is 5.92 Å². The molecule has 134 valence electrons. The number of nitrogens with zero attached hydrogens (tertiary/aromatic N) is 1. The van der Waals surface area contributed by atoms with Crippen molar-refractivity contribution in [1.82, 2.24) is 10.5 Å². The zero-order valence-electron chi connectivity index (χ0n) is 15.1. The van der Waals surface area contributed by atoms with E-state index in [9.17, 15) is 9.59 Å². The average Bonchev–Trinajstić information content (AvgIpc) is 2.86.